The van der Waals surface area contributed by atoms with E-state index in [-0.39, 0.29) is 0 Å². The molecule has 0 bridgehead atoms. The second kappa shape index (κ2) is 6.88. The Labute approximate surface area is 110 Å². The van der Waals surface area contributed by atoms with Gasteiger partial charge in [-0.3, -0.25) is 4.90 Å². The summed E-state index contributed by atoms with van der Waals surface area (Å²) in [5.74, 6) is 0. The van der Waals surface area contributed by atoms with Gasteiger partial charge in [-0.25, -0.2) is 0 Å². The average molecular weight is 248 g/mol. The van der Waals surface area contributed by atoms with Crippen molar-refractivity contribution in [2.75, 3.05) is 26.7 Å². The molecule has 2 rings (SSSR count). The van der Waals surface area contributed by atoms with Crippen molar-refractivity contribution >= 4 is 0 Å². The summed E-state index contributed by atoms with van der Waals surface area (Å²) in [6, 6.07) is 8.84. The highest BCUT2D eigenvalue weighted by Crippen LogP contribution is 2.16. The third-order valence-electron chi connectivity index (χ3n) is 3.66. The lowest BCUT2D eigenvalue weighted by molar-refractivity contribution is 0.0285. The molecule has 18 heavy (non-hydrogen) atoms. The van der Waals surface area contributed by atoms with Gasteiger partial charge in [-0.15, -0.1) is 0 Å². The third kappa shape index (κ3) is 3.80. The maximum Gasteiger partial charge on any atom is 0.0698 e. The van der Waals surface area contributed by atoms with Crippen LogP contribution in [-0.2, 0) is 17.7 Å². The smallest absolute Gasteiger partial charge is 0.0698 e. The lowest BCUT2D eigenvalue weighted by atomic mass is 10.1. The average Bonchev–Trinajstić information content (AvgIpc) is 2.42. The van der Waals surface area contributed by atoms with Crippen LogP contribution in [0.15, 0.2) is 24.3 Å². The van der Waals surface area contributed by atoms with Gasteiger partial charge in [-0.2, -0.15) is 0 Å². The molecule has 1 aromatic carbocycles. The van der Waals surface area contributed by atoms with Gasteiger partial charge in [0.25, 0.3) is 0 Å². The van der Waals surface area contributed by atoms with Crippen molar-refractivity contribution in [3.05, 3.63) is 35.4 Å². The monoisotopic (exact) mass is 248 g/mol. The highest BCUT2D eigenvalue weighted by molar-refractivity contribution is 5.22. The molecule has 1 aromatic rings. The van der Waals surface area contributed by atoms with E-state index in [1.54, 1.807) is 0 Å². The van der Waals surface area contributed by atoms with E-state index in [2.05, 4.69) is 29.2 Å². The van der Waals surface area contributed by atoms with Crippen molar-refractivity contribution in [3.63, 3.8) is 0 Å². The van der Waals surface area contributed by atoms with Crippen LogP contribution in [0, 0.1) is 0 Å². The summed E-state index contributed by atoms with van der Waals surface area (Å²) in [5, 5.41) is 0. The number of ether oxygens (including phenoxy) is 1. The van der Waals surface area contributed by atoms with Gasteiger partial charge in [-0.1, -0.05) is 24.3 Å². The molecule has 0 saturated carbocycles. The van der Waals surface area contributed by atoms with Crippen LogP contribution in [0.5, 0.6) is 0 Å². The molecule has 3 heteroatoms. The van der Waals surface area contributed by atoms with Crippen molar-refractivity contribution in [2.24, 2.45) is 5.73 Å². The topological polar surface area (TPSA) is 38.5 Å². The zero-order valence-corrected chi connectivity index (χ0v) is 11.3. The van der Waals surface area contributed by atoms with Crippen LogP contribution >= 0.6 is 0 Å². The van der Waals surface area contributed by atoms with E-state index in [0.717, 1.165) is 26.1 Å². The number of methoxy groups -OCH3 is 1. The van der Waals surface area contributed by atoms with E-state index in [1.807, 2.05) is 7.11 Å². The van der Waals surface area contributed by atoms with Gasteiger partial charge in [0.05, 0.1) is 6.10 Å². The maximum atomic E-state index is 5.56. The molecule has 1 saturated heterocycles. The predicted molar refractivity (Wildman–Crippen MR) is 74.5 cm³/mol. The first-order chi connectivity index (χ1) is 8.81. The Morgan fingerprint density at radius 1 is 1.28 bits per heavy atom. The second-order valence-corrected chi connectivity index (χ2v) is 5.09. The summed E-state index contributed by atoms with van der Waals surface area (Å²) in [5.41, 5.74) is 8.27. The standard InChI is InChI=1S/C15H24N2O/c1-18-15-3-2-10-17(12-15)11-14-6-4-13(5-7-14)8-9-16/h4-7,15H,2-3,8-12,16H2,1H3. The minimum Gasteiger partial charge on any atom is -0.380 e. The van der Waals surface area contributed by atoms with Gasteiger partial charge in [0.2, 0.25) is 0 Å². The highest BCUT2D eigenvalue weighted by Gasteiger charge is 2.19. The van der Waals surface area contributed by atoms with Crippen LogP contribution in [0.2, 0.25) is 0 Å². The lowest BCUT2D eigenvalue weighted by Crippen LogP contribution is -2.38. The van der Waals surface area contributed by atoms with E-state index in [1.165, 1.54) is 30.5 Å². The van der Waals surface area contributed by atoms with E-state index in [4.69, 9.17) is 10.5 Å². The normalized spacial score (nSPS) is 21.1. The molecule has 1 atom stereocenters. The largest absolute Gasteiger partial charge is 0.380 e. The van der Waals surface area contributed by atoms with Crippen LogP contribution in [0.4, 0.5) is 0 Å². The van der Waals surface area contributed by atoms with E-state index >= 15 is 0 Å². The molecule has 0 amide bonds. The van der Waals surface area contributed by atoms with Gasteiger partial charge < -0.3 is 10.5 Å². The Morgan fingerprint density at radius 2 is 2.00 bits per heavy atom. The van der Waals surface area contributed by atoms with Gasteiger partial charge >= 0.3 is 0 Å². The Balaban J connectivity index is 1.88. The third-order valence-corrected chi connectivity index (χ3v) is 3.66. The number of benzene rings is 1. The second-order valence-electron chi connectivity index (χ2n) is 5.09. The van der Waals surface area contributed by atoms with E-state index in [0.29, 0.717) is 6.10 Å². The molecule has 3 nitrogen and oxygen atoms in total. The SMILES string of the molecule is COC1CCCN(Cc2ccc(CCN)cc2)C1. The van der Waals surface area contributed by atoms with Gasteiger partial charge in [0, 0.05) is 20.2 Å². The van der Waals surface area contributed by atoms with E-state index in [9.17, 15) is 0 Å². The molecule has 1 heterocycles. The first-order valence-electron chi connectivity index (χ1n) is 6.85. The quantitative estimate of drug-likeness (QED) is 0.863. The number of nitrogens with zero attached hydrogens (tertiary/aromatic N) is 1. The van der Waals surface area contributed by atoms with Gasteiger partial charge in [0.15, 0.2) is 0 Å². The molecule has 1 fully saturated rings. The fraction of sp³-hybridized carbons (Fsp3) is 0.600. The molecular formula is C15H24N2O. The highest BCUT2D eigenvalue weighted by atomic mass is 16.5. The minimum absolute atomic E-state index is 0.412. The summed E-state index contributed by atoms with van der Waals surface area (Å²) < 4.78 is 5.45. The van der Waals surface area contributed by atoms with Crippen molar-refractivity contribution in [2.45, 2.75) is 31.9 Å². The van der Waals surface area contributed by atoms with Crippen molar-refractivity contribution < 1.29 is 4.74 Å². The molecule has 1 aliphatic heterocycles. The number of likely N-dealkylation sites (tertiary alicyclic amines) is 1. The predicted octanol–water partition coefficient (Wildman–Crippen LogP) is 1.80. The zero-order valence-electron chi connectivity index (χ0n) is 11.3. The van der Waals surface area contributed by atoms with Crippen molar-refractivity contribution in [1.82, 2.24) is 4.90 Å². The molecule has 1 unspecified atom stereocenters. The Bertz CT molecular complexity index is 350. The summed E-state index contributed by atoms with van der Waals surface area (Å²) in [7, 11) is 1.82. The van der Waals surface area contributed by atoms with Crippen LogP contribution in [0.3, 0.4) is 0 Å². The van der Waals surface area contributed by atoms with E-state index < -0.39 is 0 Å². The van der Waals surface area contributed by atoms with Crippen LogP contribution in [0.25, 0.3) is 0 Å². The molecule has 100 valence electrons. The molecular weight excluding hydrogens is 224 g/mol. The summed E-state index contributed by atoms with van der Waals surface area (Å²) in [6.07, 6.45) is 3.82. The summed E-state index contributed by atoms with van der Waals surface area (Å²) in [4.78, 5) is 2.48. The molecule has 0 aromatic heterocycles. The fourth-order valence-corrected chi connectivity index (χ4v) is 2.59. The molecule has 0 spiro atoms. The van der Waals surface area contributed by atoms with Crippen LogP contribution in [0.1, 0.15) is 24.0 Å². The maximum absolute atomic E-state index is 5.56. The van der Waals surface area contributed by atoms with Crippen molar-refractivity contribution in [1.29, 1.82) is 0 Å². The number of hydrogen-bond acceptors (Lipinski definition) is 3. The van der Waals surface area contributed by atoms with Gasteiger partial charge in [0.1, 0.15) is 0 Å². The number of piperidine rings is 1. The first-order valence-corrected chi connectivity index (χ1v) is 6.85. The Morgan fingerprint density at radius 3 is 2.67 bits per heavy atom. The minimum atomic E-state index is 0.412. The van der Waals surface area contributed by atoms with Crippen LogP contribution < -0.4 is 5.73 Å². The number of rotatable bonds is 5. The Kier molecular flexibility index (Phi) is 5.17. The molecule has 0 radical (unpaired) electrons. The number of nitrogens with two attached hydrogens (primary N) is 1. The fourth-order valence-electron chi connectivity index (χ4n) is 2.59. The zero-order chi connectivity index (χ0) is 12.8. The first kappa shape index (κ1) is 13.5. The molecule has 2 N–H and O–H groups in total. The summed E-state index contributed by atoms with van der Waals surface area (Å²) >= 11 is 0. The summed E-state index contributed by atoms with van der Waals surface area (Å²) in [6.45, 7) is 4.00. The Hall–Kier alpha value is -0.900. The molecule has 1 aliphatic rings. The lowest BCUT2D eigenvalue weighted by Gasteiger charge is -2.31. The van der Waals surface area contributed by atoms with Crippen molar-refractivity contribution in [3.8, 4) is 0 Å². The molecule has 0 aliphatic carbocycles. The van der Waals surface area contributed by atoms with Crippen LogP contribution in [-0.4, -0.2) is 37.7 Å². The number of hydrogen-bond donors (Lipinski definition) is 1. The van der Waals surface area contributed by atoms with Gasteiger partial charge in [-0.05, 0) is 43.5 Å².